The molecule has 1 unspecified atom stereocenters. The highest BCUT2D eigenvalue weighted by Crippen LogP contribution is 2.25. The molecule has 1 saturated heterocycles. The van der Waals surface area contributed by atoms with Crippen molar-refractivity contribution in [3.8, 4) is 0 Å². The van der Waals surface area contributed by atoms with E-state index in [4.69, 9.17) is 9.47 Å². The van der Waals surface area contributed by atoms with Gasteiger partial charge in [-0.1, -0.05) is 0 Å². The molecule has 106 valence electrons. The zero-order valence-corrected chi connectivity index (χ0v) is 12.4. The first kappa shape index (κ1) is 13.6. The van der Waals surface area contributed by atoms with Crippen molar-refractivity contribution < 1.29 is 9.47 Å². The van der Waals surface area contributed by atoms with Gasteiger partial charge in [0.05, 0.1) is 19.8 Å². The van der Waals surface area contributed by atoms with E-state index in [2.05, 4.69) is 18.3 Å². The molecular formula is C15H23NO2S. The maximum atomic E-state index is 5.84. The van der Waals surface area contributed by atoms with Crippen molar-refractivity contribution in [1.29, 1.82) is 0 Å². The molecule has 1 saturated carbocycles. The first-order valence-electron chi connectivity index (χ1n) is 7.28. The fourth-order valence-electron chi connectivity index (χ4n) is 2.40. The average molecular weight is 281 g/mol. The molecule has 3 nitrogen and oxygen atoms in total. The molecular weight excluding hydrogens is 258 g/mol. The van der Waals surface area contributed by atoms with Crippen LogP contribution in [0.25, 0.3) is 0 Å². The Morgan fingerprint density at radius 2 is 2.32 bits per heavy atom. The standard InChI is InChI=1S/C15H23NO2S/c1-11-13(10-18-9-12-4-5-17-8-12)6-15(19-11)7-16-14-2-3-14/h6,12,14,16H,2-5,7-10H2,1H3. The third-order valence-electron chi connectivity index (χ3n) is 3.85. The summed E-state index contributed by atoms with van der Waals surface area (Å²) >= 11 is 1.90. The number of thiophene rings is 1. The van der Waals surface area contributed by atoms with E-state index < -0.39 is 0 Å². The lowest BCUT2D eigenvalue weighted by Crippen LogP contribution is -2.14. The molecule has 1 aliphatic heterocycles. The minimum absolute atomic E-state index is 0.606. The summed E-state index contributed by atoms with van der Waals surface area (Å²) in [4.78, 5) is 2.84. The SMILES string of the molecule is Cc1sc(CNC2CC2)cc1COCC1CCOC1. The van der Waals surface area contributed by atoms with Gasteiger partial charge in [-0.05, 0) is 37.8 Å². The van der Waals surface area contributed by atoms with Gasteiger partial charge in [-0.2, -0.15) is 0 Å². The molecule has 0 bridgehead atoms. The van der Waals surface area contributed by atoms with Gasteiger partial charge in [-0.25, -0.2) is 0 Å². The van der Waals surface area contributed by atoms with Crippen molar-refractivity contribution in [2.75, 3.05) is 19.8 Å². The van der Waals surface area contributed by atoms with Crippen LogP contribution in [0.4, 0.5) is 0 Å². The van der Waals surface area contributed by atoms with Gasteiger partial charge in [0.15, 0.2) is 0 Å². The molecule has 2 aliphatic rings. The molecule has 19 heavy (non-hydrogen) atoms. The lowest BCUT2D eigenvalue weighted by molar-refractivity contribution is 0.0791. The molecule has 1 N–H and O–H groups in total. The first-order chi connectivity index (χ1) is 9.31. The van der Waals surface area contributed by atoms with Gasteiger partial charge in [0, 0.05) is 34.9 Å². The van der Waals surface area contributed by atoms with E-state index in [9.17, 15) is 0 Å². The summed E-state index contributed by atoms with van der Waals surface area (Å²) in [6, 6.07) is 3.09. The van der Waals surface area contributed by atoms with E-state index >= 15 is 0 Å². The summed E-state index contributed by atoms with van der Waals surface area (Å²) < 4.78 is 11.2. The summed E-state index contributed by atoms with van der Waals surface area (Å²) in [5.41, 5.74) is 1.36. The second-order valence-electron chi connectivity index (χ2n) is 5.69. The van der Waals surface area contributed by atoms with Crippen LogP contribution in [0.3, 0.4) is 0 Å². The average Bonchev–Trinajstić information content (AvgIpc) is 2.96. The maximum Gasteiger partial charge on any atom is 0.0727 e. The van der Waals surface area contributed by atoms with E-state index in [-0.39, 0.29) is 0 Å². The van der Waals surface area contributed by atoms with Gasteiger partial charge >= 0.3 is 0 Å². The topological polar surface area (TPSA) is 30.5 Å². The molecule has 3 rings (SSSR count). The summed E-state index contributed by atoms with van der Waals surface area (Å²) in [6.45, 7) is 6.59. The van der Waals surface area contributed by atoms with Crippen LogP contribution in [-0.4, -0.2) is 25.9 Å². The zero-order valence-electron chi connectivity index (χ0n) is 11.6. The van der Waals surface area contributed by atoms with Gasteiger partial charge in [0.1, 0.15) is 0 Å². The quantitative estimate of drug-likeness (QED) is 0.833. The molecule has 2 fully saturated rings. The molecule has 1 aromatic heterocycles. The second-order valence-corrected chi connectivity index (χ2v) is 7.03. The molecule has 1 aliphatic carbocycles. The van der Waals surface area contributed by atoms with Crippen LogP contribution in [0.15, 0.2) is 6.07 Å². The summed E-state index contributed by atoms with van der Waals surface area (Å²) in [7, 11) is 0. The Morgan fingerprint density at radius 3 is 3.05 bits per heavy atom. The monoisotopic (exact) mass is 281 g/mol. The van der Waals surface area contributed by atoms with E-state index in [1.54, 1.807) is 0 Å². The normalized spacial score (nSPS) is 23.1. The molecule has 1 aromatic rings. The number of nitrogens with one attached hydrogen (secondary N) is 1. The Hall–Kier alpha value is -0.420. The van der Waals surface area contributed by atoms with Crippen molar-refractivity contribution in [2.45, 2.75) is 45.4 Å². The molecule has 0 radical (unpaired) electrons. The minimum Gasteiger partial charge on any atom is -0.381 e. The lowest BCUT2D eigenvalue weighted by Gasteiger charge is -2.08. The Bertz CT molecular complexity index is 408. The molecule has 4 heteroatoms. The second kappa shape index (κ2) is 6.35. The Balaban J connectivity index is 1.43. The van der Waals surface area contributed by atoms with Gasteiger partial charge < -0.3 is 14.8 Å². The van der Waals surface area contributed by atoms with Crippen LogP contribution in [0, 0.1) is 12.8 Å². The molecule has 2 heterocycles. The van der Waals surface area contributed by atoms with Crippen LogP contribution >= 0.6 is 11.3 Å². The smallest absolute Gasteiger partial charge is 0.0727 e. The van der Waals surface area contributed by atoms with Crippen LogP contribution < -0.4 is 5.32 Å². The largest absolute Gasteiger partial charge is 0.381 e. The Kier molecular flexibility index (Phi) is 4.53. The van der Waals surface area contributed by atoms with Crippen molar-refractivity contribution in [3.63, 3.8) is 0 Å². The lowest BCUT2D eigenvalue weighted by atomic mass is 10.1. The van der Waals surface area contributed by atoms with Gasteiger partial charge in [0.2, 0.25) is 0 Å². The number of aryl methyl sites for hydroxylation is 1. The third kappa shape index (κ3) is 4.02. The fraction of sp³-hybridized carbons (Fsp3) is 0.733. The molecule has 0 amide bonds. The van der Waals surface area contributed by atoms with Gasteiger partial charge in [-0.3, -0.25) is 0 Å². The highest BCUT2D eigenvalue weighted by molar-refractivity contribution is 7.12. The third-order valence-corrected chi connectivity index (χ3v) is 4.94. The van der Waals surface area contributed by atoms with Crippen LogP contribution in [0.5, 0.6) is 0 Å². The van der Waals surface area contributed by atoms with E-state index in [1.165, 1.54) is 28.2 Å². The Morgan fingerprint density at radius 1 is 1.42 bits per heavy atom. The number of rotatable bonds is 7. The molecule has 1 atom stereocenters. The van der Waals surface area contributed by atoms with Crippen molar-refractivity contribution in [2.24, 2.45) is 5.92 Å². The highest BCUT2D eigenvalue weighted by atomic mass is 32.1. The predicted octanol–water partition coefficient (Wildman–Crippen LogP) is 2.86. The van der Waals surface area contributed by atoms with Crippen LogP contribution in [0.2, 0.25) is 0 Å². The minimum atomic E-state index is 0.606. The summed E-state index contributed by atoms with van der Waals surface area (Å²) in [5.74, 6) is 0.606. The number of ether oxygens (including phenoxy) is 2. The van der Waals surface area contributed by atoms with E-state index in [0.717, 1.165) is 45.4 Å². The van der Waals surface area contributed by atoms with E-state index in [1.807, 2.05) is 11.3 Å². The number of hydrogen-bond acceptors (Lipinski definition) is 4. The van der Waals surface area contributed by atoms with E-state index in [0.29, 0.717) is 5.92 Å². The summed E-state index contributed by atoms with van der Waals surface area (Å²) in [5, 5.41) is 3.57. The van der Waals surface area contributed by atoms with Gasteiger partial charge in [-0.15, -0.1) is 11.3 Å². The van der Waals surface area contributed by atoms with Crippen LogP contribution in [-0.2, 0) is 22.6 Å². The number of hydrogen-bond donors (Lipinski definition) is 1. The fourth-order valence-corrected chi connectivity index (χ4v) is 3.40. The van der Waals surface area contributed by atoms with Crippen molar-refractivity contribution in [3.05, 3.63) is 21.4 Å². The van der Waals surface area contributed by atoms with Crippen molar-refractivity contribution >= 4 is 11.3 Å². The molecule has 0 spiro atoms. The Labute approximate surface area is 119 Å². The molecule has 0 aromatic carbocycles. The first-order valence-corrected chi connectivity index (χ1v) is 8.10. The van der Waals surface area contributed by atoms with Gasteiger partial charge in [0.25, 0.3) is 0 Å². The summed E-state index contributed by atoms with van der Waals surface area (Å²) in [6.07, 6.45) is 3.85. The highest BCUT2D eigenvalue weighted by Gasteiger charge is 2.20. The maximum absolute atomic E-state index is 5.84. The van der Waals surface area contributed by atoms with Crippen molar-refractivity contribution in [1.82, 2.24) is 5.32 Å². The predicted molar refractivity (Wildman–Crippen MR) is 77.5 cm³/mol. The van der Waals surface area contributed by atoms with Crippen LogP contribution in [0.1, 0.15) is 34.6 Å². The zero-order chi connectivity index (χ0) is 13.1.